The number of H-pyrrole nitrogens is 2. The smallest absolute Gasteiger partial charge is 0.227 e. The molecule has 0 spiro atoms. The Bertz CT molecular complexity index is 1400. The van der Waals surface area contributed by atoms with Gasteiger partial charge in [-0.15, -0.1) is 0 Å². The minimum atomic E-state index is -0.504. The molecule has 7 nitrogen and oxygen atoms in total. The van der Waals surface area contributed by atoms with Gasteiger partial charge in [-0.25, -0.2) is 9.97 Å². The van der Waals surface area contributed by atoms with Crippen molar-refractivity contribution >= 4 is 11.0 Å². The first-order valence-electron chi connectivity index (χ1n) is 9.04. The van der Waals surface area contributed by atoms with Crippen molar-refractivity contribution in [3.05, 3.63) is 76.9 Å². The van der Waals surface area contributed by atoms with Crippen LogP contribution in [0.4, 0.5) is 0 Å². The molecule has 0 atom stereocenters. The molecule has 4 heterocycles. The Morgan fingerprint density at radius 2 is 1.93 bits per heavy atom. The maximum Gasteiger partial charge on any atom is 0.227 e. The maximum atomic E-state index is 12.1. The normalized spacial score (nSPS) is 11.2. The number of hydrogen-bond donors (Lipinski definition) is 3. The zero-order valence-electron chi connectivity index (χ0n) is 15.4. The zero-order chi connectivity index (χ0) is 20.0. The van der Waals surface area contributed by atoms with Crippen LogP contribution in [0.5, 0.6) is 5.75 Å². The Morgan fingerprint density at radius 1 is 1.10 bits per heavy atom. The highest BCUT2D eigenvalue weighted by atomic mass is 16.4. The summed E-state index contributed by atoms with van der Waals surface area (Å²) in [5, 5.41) is 11.3. The van der Waals surface area contributed by atoms with E-state index < -0.39 is 11.2 Å². The first kappa shape index (κ1) is 17.0. The van der Waals surface area contributed by atoms with Crippen molar-refractivity contribution in [2.24, 2.45) is 0 Å². The van der Waals surface area contributed by atoms with Crippen molar-refractivity contribution in [2.75, 3.05) is 0 Å². The fraction of sp³-hybridized carbons (Fsp3) is 0.0455. The number of aromatic amines is 2. The van der Waals surface area contributed by atoms with Crippen LogP contribution < -0.4 is 5.43 Å². The number of imidazole rings is 1. The van der Waals surface area contributed by atoms with E-state index in [1.807, 2.05) is 48.7 Å². The van der Waals surface area contributed by atoms with Crippen LogP contribution in [0.3, 0.4) is 0 Å². The van der Waals surface area contributed by atoms with Crippen LogP contribution in [0.1, 0.15) is 5.76 Å². The fourth-order valence-electron chi connectivity index (χ4n) is 3.39. The van der Waals surface area contributed by atoms with E-state index in [1.165, 1.54) is 6.07 Å². The average molecular weight is 384 g/mol. The first-order chi connectivity index (χ1) is 14.1. The van der Waals surface area contributed by atoms with Gasteiger partial charge in [0.05, 0.1) is 0 Å². The third-order valence-corrected chi connectivity index (χ3v) is 4.73. The molecule has 3 N–H and O–H groups in total. The number of nitrogens with one attached hydrogen (secondary N) is 2. The first-order valence-corrected chi connectivity index (χ1v) is 9.04. The van der Waals surface area contributed by atoms with E-state index in [9.17, 15) is 9.90 Å². The maximum absolute atomic E-state index is 12.1. The number of aromatic hydroxyl groups is 1. The second-order valence-electron chi connectivity index (χ2n) is 6.68. The Balaban J connectivity index is 1.80. The molecule has 0 radical (unpaired) electrons. The summed E-state index contributed by atoms with van der Waals surface area (Å²) in [5.74, 6) is 0.574. The summed E-state index contributed by atoms with van der Waals surface area (Å²) in [4.78, 5) is 27.6. The molecule has 7 heteroatoms. The van der Waals surface area contributed by atoms with Crippen molar-refractivity contribution in [2.45, 2.75) is 6.92 Å². The van der Waals surface area contributed by atoms with Gasteiger partial charge in [-0.3, -0.25) is 4.79 Å². The summed E-state index contributed by atoms with van der Waals surface area (Å²) in [5.41, 5.74) is 2.89. The molecule has 0 aliphatic rings. The molecule has 5 aromatic rings. The molecular weight excluding hydrogens is 368 g/mol. The van der Waals surface area contributed by atoms with E-state index in [-0.39, 0.29) is 5.76 Å². The van der Waals surface area contributed by atoms with Gasteiger partial charge < -0.3 is 19.5 Å². The molecule has 0 aliphatic heterocycles. The third-order valence-electron chi connectivity index (χ3n) is 4.73. The predicted octanol–water partition coefficient (Wildman–Crippen LogP) is 4.25. The number of rotatable bonds is 3. The highest BCUT2D eigenvalue weighted by Crippen LogP contribution is 2.37. The SMILES string of the molecule is Cc1cc(=O)c(O)c(-c2[nH]c(-c3c[nH]c4ncccc34)nc2-c2ccccc2)o1. The van der Waals surface area contributed by atoms with Crippen LogP contribution in [0.15, 0.2) is 70.1 Å². The van der Waals surface area contributed by atoms with E-state index in [0.29, 0.717) is 23.0 Å². The number of nitrogens with zero attached hydrogens (tertiary/aromatic N) is 2. The molecule has 0 saturated heterocycles. The molecule has 29 heavy (non-hydrogen) atoms. The number of aromatic nitrogens is 4. The van der Waals surface area contributed by atoms with Gasteiger partial charge in [-0.1, -0.05) is 30.3 Å². The number of aryl methyl sites for hydroxylation is 1. The van der Waals surface area contributed by atoms with Crippen LogP contribution in [0.25, 0.3) is 45.1 Å². The van der Waals surface area contributed by atoms with Crippen molar-refractivity contribution in [3.8, 4) is 39.8 Å². The molecule has 0 amide bonds. The van der Waals surface area contributed by atoms with Crippen LogP contribution in [0.2, 0.25) is 0 Å². The van der Waals surface area contributed by atoms with E-state index >= 15 is 0 Å². The largest absolute Gasteiger partial charge is 0.501 e. The van der Waals surface area contributed by atoms with Gasteiger partial charge >= 0.3 is 0 Å². The number of fused-ring (bicyclic) bond motifs is 1. The molecule has 0 fully saturated rings. The van der Waals surface area contributed by atoms with E-state index in [1.54, 1.807) is 13.1 Å². The summed E-state index contributed by atoms with van der Waals surface area (Å²) >= 11 is 0. The van der Waals surface area contributed by atoms with Crippen molar-refractivity contribution in [1.82, 2.24) is 19.9 Å². The van der Waals surface area contributed by atoms with Crippen LogP contribution in [-0.2, 0) is 0 Å². The van der Waals surface area contributed by atoms with Crippen LogP contribution in [-0.4, -0.2) is 25.0 Å². The number of hydrogen-bond acceptors (Lipinski definition) is 5. The fourth-order valence-corrected chi connectivity index (χ4v) is 3.39. The lowest BCUT2D eigenvalue weighted by atomic mass is 10.1. The number of benzene rings is 1. The van der Waals surface area contributed by atoms with Crippen molar-refractivity contribution in [3.63, 3.8) is 0 Å². The molecule has 1 aromatic carbocycles. The lowest BCUT2D eigenvalue weighted by molar-refractivity contribution is 0.429. The predicted molar refractivity (Wildman–Crippen MR) is 109 cm³/mol. The van der Waals surface area contributed by atoms with E-state index in [2.05, 4.69) is 15.0 Å². The monoisotopic (exact) mass is 384 g/mol. The molecule has 0 saturated carbocycles. The summed E-state index contributed by atoms with van der Waals surface area (Å²) in [6, 6.07) is 14.6. The molecule has 0 bridgehead atoms. The van der Waals surface area contributed by atoms with Gasteiger partial charge in [0, 0.05) is 35.0 Å². The second-order valence-corrected chi connectivity index (χ2v) is 6.68. The van der Waals surface area contributed by atoms with E-state index in [0.717, 1.165) is 22.2 Å². The molecule has 4 aromatic heterocycles. The molecule has 0 unspecified atom stereocenters. The topological polar surface area (TPSA) is 108 Å². The van der Waals surface area contributed by atoms with Crippen LogP contribution in [0, 0.1) is 6.92 Å². The van der Waals surface area contributed by atoms with Gasteiger partial charge in [-0.2, -0.15) is 0 Å². The molecule has 5 rings (SSSR count). The zero-order valence-corrected chi connectivity index (χ0v) is 15.4. The summed E-state index contributed by atoms with van der Waals surface area (Å²) < 4.78 is 5.71. The lowest BCUT2D eigenvalue weighted by Crippen LogP contribution is -2.01. The Hall–Kier alpha value is -4.13. The summed E-state index contributed by atoms with van der Waals surface area (Å²) in [6.45, 7) is 1.66. The van der Waals surface area contributed by atoms with Gasteiger partial charge in [0.2, 0.25) is 11.2 Å². The summed E-state index contributed by atoms with van der Waals surface area (Å²) in [6.07, 6.45) is 3.53. The number of pyridine rings is 1. The minimum Gasteiger partial charge on any atom is -0.501 e. The van der Waals surface area contributed by atoms with Gasteiger partial charge in [0.25, 0.3) is 0 Å². The van der Waals surface area contributed by atoms with Gasteiger partial charge in [0.1, 0.15) is 28.6 Å². The molecule has 0 aliphatic carbocycles. The van der Waals surface area contributed by atoms with Crippen LogP contribution >= 0.6 is 0 Å². The molecule has 142 valence electrons. The van der Waals surface area contributed by atoms with Crippen molar-refractivity contribution in [1.29, 1.82) is 0 Å². The Kier molecular flexibility index (Phi) is 3.80. The van der Waals surface area contributed by atoms with Gasteiger partial charge in [-0.05, 0) is 19.1 Å². The standard InChI is InChI=1S/C22H16N4O3/c1-12-10-16(27)19(28)20(29-12)18-17(13-6-3-2-4-7-13)25-22(26-18)15-11-24-21-14(15)8-5-9-23-21/h2-11,28H,1H3,(H,23,24)(H,25,26). The Labute approximate surface area is 164 Å². The quantitative estimate of drug-likeness (QED) is 0.431. The average Bonchev–Trinajstić information content (AvgIpc) is 3.35. The summed E-state index contributed by atoms with van der Waals surface area (Å²) in [7, 11) is 0. The highest BCUT2D eigenvalue weighted by Gasteiger charge is 2.22. The van der Waals surface area contributed by atoms with E-state index in [4.69, 9.17) is 9.40 Å². The molecular formula is C22H16N4O3. The second kappa shape index (κ2) is 6.49. The lowest BCUT2D eigenvalue weighted by Gasteiger charge is -2.05. The van der Waals surface area contributed by atoms with Gasteiger partial charge in [0.15, 0.2) is 5.76 Å². The third kappa shape index (κ3) is 2.80. The minimum absolute atomic E-state index is 0.0607. The highest BCUT2D eigenvalue weighted by molar-refractivity contribution is 5.93. The van der Waals surface area contributed by atoms with Crippen molar-refractivity contribution < 1.29 is 9.52 Å². The Morgan fingerprint density at radius 3 is 2.76 bits per heavy atom.